The van der Waals surface area contributed by atoms with E-state index in [0.29, 0.717) is 11.7 Å². The molecule has 0 spiro atoms. The molecule has 1 heterocycles. The van der Waals surface area contributed by atoms with Crippen LogP contribution in [0.2, 0.25) is 0 Å². The molecule has 0 aliphatic carbocycles. The lowest BCUT2D eigenvalue weighted by molar-refractivity contribution is 0.690. The lowest BCUT2D eigenvalue weighted by atomic mass is 10.3. The number of nitrogens with two attached hydrogens (primary N) is 1. The molecule has 0 saturated heterocycles. The van der Waals surface area contributed by atoms with E-state index in [1.165, 1.54) is 0 Å². The zero-order valence-electron chi connectivity index (χ0n) is 9.27. The smallest absolute Gasteiger partial charge is 0.157 e. The van der Waals surface area contributed by atoms with Crippen molar-refractivity contribution in [1.29, 1.82) is 0 Å². The van der Waals surface area contributed by atoms with Crippen molar-refractivity contribution in [3.05, 3.63) is 18.1 Å². The second-order valence-electron chi connectivity index (χ2n) is 3.47. The Morgan fingerprint density at radius 2 is 2.07 bits per heavy atom. The van der Waals surface area contributed by atoms with Gasteiger partial charge in [-0.1, -0.05) is 12.2 Å². The maximum Gasteiger partial charge on any atom is 0.157 e. The molecule has 1 aromatic rings. The fourth-order valence-electron chi connectivity index (χ4n) is 1.47. The first-order valence-electron chi connectivity index (χ1n) is 4.95. The highest BCUT2D eigenvalue weighted by molar-refractivity contribution is 7.80. The Balaban J connectivity index is 3.16. The average Bonchev–Trinajstić information content (AvgIpc) is 2.18. The van der Waals surface area contributed by atoms with Crippen molar-refractivity contribution in [3.63, 3.8) is 0 Å². The minimum atomic E-state index is 0.289. The van der Waals surface area contributed by atoms with Gasteiger partial charge in [-0.05, 0) is 20.8 Å². The summed E-state index contributed by atoms with van der Waals surface area (Å²) >= 11 is 4.95. The Labute approximate surface area is 95.5 Å². The monoisotopic (exact) mass is 224 g/mol. The number of thiocarbonyl (C=S) groups is 1. The van der Waals surface area contributed by atoms with Crippen LogP contribution in [0.5, 0.6) is 0 Å². The minimum Gasteiger partial charge on any atom is -0.388 e. The molecule has 0 aliphatic heterocycles. The number of hydrogen-bond acceptors (Lipinski definition) is 4. The first-order chi connectivity index (χ1) is 7.07. The van der Waals surface area contributed by atoms with Gasteiger partial charge < -0.3 is 10.6 Å². The zero-order chi connectivity index (χ0) is 11.4. The second-order valence-corrected chi connectivity index (χ2v) is 3.91. The summed E-state index contributed by atoms with van der Waals surface area (Å²) in [7, 11) is 0. The molecule has 4 nitrogen and oxygen atoms in total. The third kappa shape index (κ3) is 2.62. The Bertz CT molecular complexity index is 351. The molecular weight excluding hydrogens is 208 g/mol. The summed E-state index contributed by atoms with van der Waals surface area (Å²) in [6.45, 7) is 7.12. The number of nitrogens with zero attached hydrogens (tertiary/aromatic N) is 3. The lowest BCUT2D eigenvalue weighted by Gasteiger charge is -2.27. The number of aromatic nitrogens is 2. The Morgan fingerprint density at radius 1 is 1.47 bits per heavy atom. The van der Waals surface area contributed by atoms with Crippen LogP contribution in [-0.4, -0.2) is 27.5 Å². The van der Waals surface area contributed by atoms with Crippen LogP contribution in [0.4, 0.5) is 5.82 Å². The first kappa shape index (κ1) is 11.8. The molecular formula is C10H16N4S. The summed E-state index contributed by atoms with van der Waals surface area (Å²) in [5, 5.41) is 0. The van der Waals surface area contributed by atoms with E-state index in [-0.39, 0.29) is 4.99 Å². The molecule has 0 aliphatic rings. The summed E-state index contributed by atoms with van der Waals surface area (Å²) < 4.78 is 0. The Kier molecular flexibility index (Phi) is 3.96. The largest absolute Gasteiger partial charge is 0.388 e. The highest BCUT2D eigenvalue weighted by Gasteiger charge is 2.16. The van der Waals surface area contributed by atoms with Gasteiger partial charge in [0.05, 0.1) is 0 Å². The van der Waals surface area contributed by atoms with E-state index in [0.717, 1.165) is 12.4 Å². The van der Waals surface area contributed by atoms with E-state index in [2.05, 4.69) is 35.6 Å². The fraction of sp³-hybridized carbons (Fsp3) is 0.500. The van der Waals surface area contributed by atoms with Crippen molar-refractivity contribution in [2.75, 3.05) is 11.4 Å². The summed E-state index contributed by atoms with van der Waals surface area (Å²) in [4.78, 5) is 10.8. The molecule has 5 heteroatoms. The van der Waals surface area contributed by atoms with Crippen LogP contribution in [0.25, 0.3) is 0 Å². The Morgan fingerprint density at radius 3 is 2.53 bits per heavy atom. The van der Waals surface area contributed by atoms with Gasteiger partial charge in [0.15, 0.2) is 5.82 Å². The van der Waals surface area contributed by atoms with Crippen LogP contribution >= 0.6 is 12.2 Å². The zero-order valence-corrected chi connectivity index (χ0v) is 10.1. The molecule has 15 heavy (non-hydrogen) atoms. The quantitative estimate of drug-likeness (QED) is 0.782. The van der Waals surface area contributed by atoms with E-state index >= 15 is 0 Å². The molecule has 0 radical (unpaired) electrons. The van der Waals surface area contributed by atoms with Gasteiger partial charge in [0.1, 0.15) is 10.7 Å². The van der Waals surface area contributed by atoms with Crippen molar-refractivity contribution >= 4 is 23.0 Å². The Hall–Kier alpha value is -1.23. The average molecular weight is 224 g/mol. The van der Waals surface area contributed by atoms with Gasteiger partial charge in [-0.3, -0.25) is 0 Å². The molecule has 1 rings (SSSR count). The number of anilines is 1. The van der Waals surface area contributed by atoms with Gasteiger partial charge in [-0.25, -0.2) is 9.97 Å². The van der Waals surface area contributed by atoms with Crippen molar-refractivity contribution in [3.8, 4) is 0 Å². The third-order valence-electron chi connectivity index (χ3n) is 2.15. The third-order valence-corrected chi connectivity index (χ3v) is 2.34. The van der Waals surface area contributed by atoms with Crippen molar-refractivity contribution in [1.82, 2.24) is 9.97 Å². The van der Waals surface area contributed by atoms with Crippen molar-refractivity contribution in [2.45, 2.75) is 26.8 Å². The summed E-state index contributed by atoms with van der Waals surface area (Å²) in [5.41, 5.74) is 6.21. The highest BCUT2D eigenvalue weighted by Crippen LogP contribution is 2.16. The molecule has 0 aromatic carbocycles. The predicted octanol–water partition coefficient (Wildman–Crippen LogP) is 1.35. The van der Waals surface area contributed by atoms with Crippen LogP contribution in [0, 0.1) is 0 Å². The molecule has 0 atom stereocenters. The van der Waals surface area contributed by atoms with Gasteiger partial charge in [0.25, 0.3) is 0 Å². The standard InChI is InChI=1S/C10H16N4S/c1-4-14(7(2)3)10-8(9(11)15)12-5-6-13-10/h5-7H,4H2,1-3H3,(H2,11,15). The molecule has 0 saturated carbocycles. The molecule has 0 bridgehead atoms. The van der Waals surface area contributed by atoms with Gasteiger partial charge >= 0.3 is 0 Å². The van der Waals surface area contributed by atoms with Gasteiger partial charge in [-0.2, -0.15) is 0 Å². The predicted molar refractivity (Wildman–Crippen MR) is 66.1 cm³/mol. The van der Waals surface area contributed by atoms with E-state index in [9.17, 15) is 0 Å². The van der Waals surface area contributed by atoms with E-state index in [1.807, 2.05) is 0 Å². The lowest BCUT2D eigenvalue weighted by Crippen LogP contribution is -2.33. The van der Waals surface area contributed by atoms with E-state index < -0.39 is 0 Å². The van der Waals surface area contributed by atoms with Crippen LogP contribution in [0.3, 0.4) is 0 Å². The van der Waals surface area contributed by atoms with Crippen LogP contribution in [0.1, 0.15) is 26.5 Å². The molecule has 1 aromatic heterocycles. The van der Waals surface area contributed by atoms with E-state index in [4.69, 9.17) is 18.0 Å². The highest BCUT2D eigenvalue weighted by atomic mass is 32.1. The summed E-state index contributed by atoms with van der Waals surface area (Å²) in [5.74, 6) is 0.766. The van der Waals surface area contributed by atoms with Crippen LogP contribution in [-0.2, 0) is 0 Å². The molecule has 82 valence electrons. The minimum absolute atomic E-state index is 0.289. The van der Waals surface area contributed by atoms with Gasteiger partial charge in [0.2, 0.25) is 0 Å². The van der Waals surface area contributed by atoms with Gasteiger partial charge in [-0.15, -0.1) is 0 Å². The molecule has 0 amide bonds. The fourth-order valence-corrected chi connectivity index (χ4v) is 1.62. The van der Waals surface area contributed by atoms with Gasteiger partial charge in [0, 0.05) is 25.0 Å². The topological polar surface area (TPSA) is 55.0 Å². The normalized spacial score (nSPS) is 10.4. The summed E-state index contributed by atoms with van der Waals surface area (Å²) in [6.07, 6.45) is 3.26. The summed E-state index contributed by atoms with van der Waals surface area (Å²) in [6, 6.07) is 0.347. The molecule has 0 fully saturated rings. The van der Waals surface area contributed by atoms with Crippen LogP contribution < -0.4 is 10.6 Å². The maximum absolute atomic E-state index is 5.61. The van der Waals surface area contributed by atoms with Crippen molar-refractivity contribution < 1.29 is 0 Å². The SMILES string of the molecule is CCN(c1nccnc1C(N)=S)C(C)C. The van der Waals surface area contributed by atoms with Crippen molar-refractivity contribution in [2.24, 2.45) is 5.73 Å². The maximum atomic E-state index is 5.61. The first-order valence-corrected chi connectivity index (χ1v) is 5.36. The van der Waals surface area contributed by atoms with Crippen LogP contribution in [0.15, 0.2) is 12.4 Å². The number of rotatable bonds is 4. The number of hydrogen-bond donors (Lipinski definition) is 1. The molecule has 2 N–H and O–H groups in total. The van der Waals surface area contributed by atoms with E-state index in [1.54, 1.807) is 12.4 Å². The second kappa shape index (κ2) is 5.02. The molecule has 0 unspecified atom stereocenters.